The minimum absolute atomic E-state index is 0.0947. The Bertz CT molecular complexity index is 853. The van der Waals surface area contributed by atoms with Gasteiger partial charge in [-0.15, -0.1) is 11.3 Å². The van der Waals surface area contributed by atoms with Gasteiger partial charge in [-0.25, -0.2) is 4.98 Å². The van der Waals surface area contributed by atoms with Crippen LogP contribution in [0.5, 0.6) is 0 Å². The van der Waals surface area contributed by atoms with Crippen LogP contribution in [0.4, 0.5) is 0 Å². The lowest BCUT2D eigenvalue weighted by molar-refractivity contribution is -0.137. The first-order chi connectivity index (χ1) is 13.5. The lowest BCUT2D eigenvalue weighted by Crippen LogP contribution is -2.18. The number of aliphatic hydroxyl groups is 1. The maximum atomic E-state index is 12.2. The lowest BCUT2D eigenvalue weighted by atomic mass is 9.90. The van der Waals surface area contributed by atoms with Crippen molar-refractivity contribution in [2.45, 2.75) is 44.6 Å². The predicted octanol–water partition coefficient (Wildman–Crippen LogP) is 4.16. The number of allylic oxidation sites excluding steroid dienone is 3. The number of carbonyl (C=O) groups is 2. The molecule has 1 unspecified atom stereocenters. The van der Waals surface area contributed by atoms with E-state index in [2.05, 4.69) is 11.1 Å². The summed E-state index contributed by atoms with van der Waals surface area (Å²) < 4.78 is 1.16. The molecule has 5 nitrogen and oxygen atoms in total. The molecule has 2 N–H and O–H groups in total. The maximum absolute atomic E-state index is 12.2. The number of aliphatic carboxylic acids is 1. The number of carbonyl (C=O) groups excluding carboxylic acids is 1. The second-order valence-corrected chi connectivity index (χ2v) is 8.24. The molecule has 28 heavy (non-hydrogen) atoms. The number of unbranched alkanes of at least 4 members (excludes halogenated alkanes) is 1. The third-order valence-corrected chi connectivity index (χ3v) is 6.10. The molecule has 3 rings (SSSR count). The smallest absolute Gasteiger partial charge is 0.303 e. The second-order valence-electron chi connectivity index (χ2n) is 7.12. The first kappa shape index (κ1) is 20.4. The van der Waals surface area contributed by atoms with Crippen molar-refractivity contribution >= 4 is 33.3 Å². The van der Waals surface area contributed by atoms with E-state index in [0.29, 0.717) is 25.7 Å². The van der Waals surface area contributed by atoms with Gasteiger partial charge < -0.3 is 10.2 Å². The summed E-state index contributed by atoms with van der Waals surface area (Å²) in [6.07, 6.45) is 10.1. The molecule has 1 saturated carbocycles. The van der Waals surface area contributed by atoms with Crippen LogP contribution < -0.4 is 0 Å². The van der Waals surface area contributed by atoms with Crippen molar-refractivity contribution in [1.82, 2.24) is 4.98 Å². The molecule has 0 spiro atoms. The Morgan fingerprint density at radius 3 is 2.86 bits per heavy atom. The number of rotatable bonds is 9. The van der Waals surface area contributed by atoms with E-state index in [1.54, 1.807) is 11.3 Å². The fourth-order valence-electron chi connectivity index (χ4n) is 3.59. The highest BCUT2D eigenvalue weighted by Gasteiger charge is 2.38. The molecule has 0 aliphatic heterocycles. The van der Waals surface area contributed by atoms with Gasteiger partial charge in [0.1, 0.15) is 5.78 Å². The number of benzene rings is 1. The number of aromatic nitrogens is 1. The molecule has 6 heteroatoms. The SMILES string of the molecule is O=C(O)CCC/C=C\C[C@H]1C(=O)C[C@@H](O)C1/C=C/Cc1nc2ccccc2s1. The van der Waals surface area contributed by atoms with E-state index < -0.39 is 12.1 Å². The topological polar surface area (TPSA) is 87.5 Å². The highest BCUT2D eigenvalue weighted by Crippen LogP contribution is 2.33. The summed E-state index contributed by atoms with van der Waals surface area (Å²) in [5.74, 6) is -1.08. The Balaban J connectivity index is 1.55. The summed E-state index contributed by atoms with van der Waals surface area (Å²) >= 11 is 1.66. The molecule has 3 atom stereocenters. The molecular weight excluding hydrogens is 374 g/mol. The van der Waals surface area contributed by atoms with E-state index in [0.717, 1.165) is 15.2 Å². The number of fused-ring (bicyclic) bond motifs is 1. The van der Waals surface area contributed by atoms with Crippen LogP contribution in [-0.4, -0.2) is 33.1 Å². The van der Waals surface area contributed by atoms with Crippen LogP contribution in [0.3, 0.4) is 0 Å². The molecular formula is C22H25NO4S. The number of carboxylic acids is 1. The van der Waals surface area contributed by atoms with Crippen LogP contribution in [0.25, 0.3) is 10.2 Å². The number of ketones is 1. The normalized spacial score (nSPS) is 22.8. The van der Waals surface area contributed by atoms with Gasteiger partial charge in [-0.1, -0.05) is 36.4 Å². The number of hydrogen-bond acceptors (Lipinski definition) is 5. The van der Waals surface area contributed by atoms with Gasteiger partial charge in [-0.3, -0.25) is 9.59 Å². The fourth-order valence-corrected chi connectivity index (χ4v) is 4.53. The van der Waals surface area contributed by atoms with E-state index in [9.17, 15) is 14.7 Å². The number of aliphatic hydroxyl groups excluding tert-OH is 1. The first-order valence-corrected chi connectivity index (χ1v) is 10.4. The van der Waals surface area contributed by atoms with Gasteiger partial charge in [0.25, 0.3) is 0 Å². The highest BCUT2D eigenvalue weighted by molar-refractivity contribution is 7.18. The molecule has 1 heterocycles. The summed E-state index contributed by atoms with van der Waals surface area (Å²) in [7, 11) is 0. The summed E-state index contributed by atoms with van der Waals surface area (Å²) in [4.78, 5) is 27.4. The number of nitrogens with zero attached hydrogens (tertiary/aromatic N) is 1. The van der Waals surface area contributed by atoms with Crippen molar-refractivity contribution < 1.29 is 19.8 Å². The zero-order chi connectivity index (χ0) is 19.9. The Morgan fingerprint density at radius 1 is 1.25 bits per heavy atom. The van der Waals surface area contributed by atoms with Crippen molar-refractivity contribution in [3.05, 3.63) is 53.6 Å². The van der Waals surface area contributed by atoms with Crippen molar-refractivity contribution in [2.24, 2.45) is 11.8 Å². The molecule has 0 bridgehead atoms. The van der Waals surface area contributed by atoms with Crippen LogP contribution in [0.1, 0.15) is 37.1 Å². The minimum atomic E-state index is -0.791. The average molecular weight is 400 g/mol. The van der Waals surface area contributed by atoms with Crippen molar-refractivity contribution in [2.75, 3.05) is 0 Å². The van der Waals surface area contributed by atoms with Gasteiger partial charge in [-0.2, -0.15) is 0 Å². The van der Waals surface area contributed by atoms with E-state index in [-0.39, 0.29) is 30.5 Å². The van der Waals surface area contributed by atoms with E-state index >= 15 is 0 Å². The highest BCUT2D eigenvalue weighted by atomic mass is 32.1. The average Bonchev–Trinajstić information content (AvgIpc) is 3.18. The molecule has 1 aromatic heterocycles. The molecule has 1 aliphatic carbocycles. The predicted molar refractivity (Wildman–Crippen MR) is 110 cm³/mol. The van der Waals surface area contributed by atoms with Crippen LogP contribution in [0.15, 0.2) is 48.6 Å². The number of thiazole rings is 1. The number of hydrogen-bond donors (Lipinski definition) is 2. The van der Waals surface area contributed by atoms with E-state index in [4.69, 9.17) is 5.11 Å². The van der Waals surface area contributed by atoms with E-state index in [1.807, 2.05) is 42.5 Å². The second kappa shape index (κ2) is 9.75. The fraction of sp³-hybridized carbons (Fsp3) is 0.409. The molecule has 0 radical (unpaired) electrons. The van der Waals surface area contributed by atoms with Gasteiger partial charge in [0.05, 0.1) is 21.3 Å². The first-order valence-electron chi connectivity index (χ1n) is 9.63. The zero-order valence-electron chi connectivity index (χ0n) is 15.7. The molecule has 1 fully saturated rings. The molecule has 1 aromatic carbocycles. The van der Waals surface area contributed by atoms with Gasteiger partial charge in [0, 0.05) is 31.1 Å². The molecule has 148 valence electrons. The zero-order valence-corrected chi connectivity index (χ0v) is 16.5. The molecule has 2 aromatic rings. The van der Waals surface area contributed by atoms with Crippen LogP contribution >= 0.6 is 11.3 Å². The Labute approximate surface area is 168 Å². The molecule has 0 amide bonds. The largest absolute Gasteiger partial charge is 0.481 e. The molecule has 0 saturated heterocycles. The van der Waals surface area contributed by atoms with Gasteiger partial charge >= 0.3 is 5.97 Å². The standard InChI is InChI=1S/C22H25NO4S/c24-18-14-19(25)16(15(18)8-3-1-2-4-13-22(26)27)9-7-12-21-23-17-10-5-6-11-20(17)28-21/h1,3,5-7,9-11,15-16,19,25H,2,4,8,12-14H2,(H,26,27)/b3-1-,9-7+/t15-,16?,19-/m1/s1. The number of carboxylic acid groups (broad SMARTS) is 1. The molecule has 1 aliphatic rings. The van der Waals surface area contributed by atoms with Crippen molar-refractivity contribution in [3.8, 4) is 0 Å². The van der Waals surface area contributed by atoms with Crippen molar-refractivity contribution in [3.63, 3.8) is 0 Å². The summed E-state index contributed by atoms with van der Waals surface area (Å²) in [6.45, 7) is 0. The Kier molecular flexibility index (Phi) is 7.12. The number of Topliss-reactive ketones (excluding diaryl/α,β-unsaturated/α-hetero) is 1. The van der Waals surface area contributed by atoms with E-state index in [1.165, 1.54) is 0 Å². The van der Waals surface area contributed by atoms with Crippen LogP contribution in [-0.2, 0) is 16.0 Å². The summed E-state index contributed by atoms with van der Waals surface area (Å²) in [6, 6.07) is 8.03. The van der Waals surface area contributed by atoms with Crippen molar-refractivity contribution in [1.29, 1.82) is 0 Å². The minimum Gasteiger partial charge on any atom is -0.481 e. The summed E-state index contributed by atoms with van der Waals surface area (Å²) in [5, 5.41) is 19.9. The Morgan fingerprint density at radius 2 is 2.07 bits per heavy atom. The van der Waals surface area contributed by atoms with Crippen LogP contribution in [0.2, 0.25) is 0 Å². The number of para-hydroxylation sites is 1. The third-order valence-electron chi connectivity index (χ3n) is 5.04. The summed E-state index contributed by atoms with van der Waals surface area (Å²) in [5.41, 5.74) is 0.998. The van der Waals surface area contributed by atoms with Gasteiger partial charge in [-0.05, 0) is 31.4 Å². The van der Waals surface area contributed by atoms with Gasteiger partial charge in [0.15, 0.2) is 0 Å². The third kappa shape index (κ3) is 5.36. The quantitative estimate of drug-likeness (QED) is 0.488. The van der Waals surface area contributed by atoms with Gasteiger partial charge in [0.2, 0.25) is 0 Å². The monoisotopic (exact) mass is 399 g/mol. The maximum Gasteiger partial charge on any atom is 0.303 e. The Hall–Kier alpha value is -2.31. The van der Waals surface area contributed by atoms with Crippen LogP contribution in [0, 0.1) is 11.8 Å². The lowest BCUT2D eigenvalue weighted by Gasteiger charge is -2.15.